The van der Waals surface area contributed by atoms with Crippen molar-refractivity contribution in [1.29, 1.82) is 0 Å². The highest BCUT2D eigenvalue weighted by atomic mass is 35.5. The number of rotatable bonds is 4. The molecule has 0 radical (unpaired) electrons. The number of halogens is 1. The maximum absolute atomic E-state index is 12.7. The molecule has 2 bridgehead atoms. The van der Waals surface area contributed by atoms with Crippen molar-refractivity contribution in [3.05, 3.63) is 29.2 Å². The minimum absolute atomic E-state index is 0.0333. The largest absolute Gasteiger partial charge is 0.340 e. The topological polar surface area (TPSA) is 80.1 Å². The number of nitrogens with zero attached hydrogens (tertiary/aromatic N) is 4. The van der Waals surface area contributed by atoms with Gasteiger partial charge >= 0.3 is 0 Å². The van der Waals surface area contributed by atoms with Crippen LogP contribution < -0.4 is 5.32 Å². The monoisotopic (exact) mass is 441 g/mol. The van der Waals surface area contributed by atoms with Crippen molar-refractivity contribution in [2.45, 2.75) is 59.0 Å². The van der Waals surface area contributed by atoms with E-state index in [0.717, 1.165) is 43.5 Å². The number of piperidine rings is 1. The van der Waals surface area contributed by atoms with Crippen LogP contribution in [0.5, 0.6) is 0 Å². The molecule has 2 amide bonds. The molecule has 1 aliphatic carbocycles. The molecule has 1 saturated carbocycles. The van der Waals surface area contributed by atoms with Crippen LogP contribution in [-0.4, -0.2) is 44.1 Å². The average molecular weight is 442 g/mol. The van der Waals surface area contributed by atoms with Gasteiger partial charge in [0, 0.05) is 55.5 Å². The van der Waals surface area contributed by atoms with E-state index in [0.29, 0.717) is 35.1 Å². The van der Waals surface area contributed by atoms with Crippen molar-refractivity contribution in [3.63, 3.8) is 0 Å². The summed E-state index contributed by atoms with van der Waals surface area (Å²) in [6.07, 6.45) is 6.78. The summed E-state index contributed by atoms with van der Waals surface area (Å²) < 4.78 is 2.05. The van der Waals surface area contributed by atoms with Crippen molar-refractivity contribution in [1.82, 2.24) is 19.7 Å². The highest BCUT2D eigenvalue weighted by molar-refractivity contribution is 6.33. The van der Waals surface area contributed by atoms with Gasteiger partial charge in [-0.1, -0.05) is 25.4 Å². The number of likely N-dealkylation sites (tertiary alicyclic amines) is 1. The Balaban J connectivity index is 1.28. The second-order valence-corrected chi connectivity index (χ2v) is 10.5. The van der Waals surface area contributed by atoms with E-state index >= 15 is 0 Å². The Morgan fingerprint density at radius 2 is 2.06 bits per heavy atom. The van der Waals surface area contributed by atoms with Gasteiger partial charge in [-0.2, -0.15) is 5.10 Å². The summed E-state index contributed by atoms with van der Waals surface area (Å²) in [4.78, 5) is 30.7. The van der Waals surface area contributed by atoms with E-state index in [2.05, 4.69) is 29.2 Å². The number of aromatic nitrogens is 3. The molecular formula is C23H28ClN5O2. The fourth-order valence-electron chi connectivity index (χ4n) is 5.71. The van der Waals surface area contributed by atoms with Crippen molar-refractivity contribution < 1.29 is 9.59 Å². The zero-order valence-electron chi connectivity index (χ0n) is 18.2. The third kappa shape index (κ3) is 3.73. The van der Waals surface area contributed by atoms with Gasteiger partial charge in [0.1, 0.15) is 5.82 Å². The summed E-state index contributed by atoms with van der Waals surface area (Å²) in [6.45, 7) is 7.76. The smallest absolute Gasteiger partial charge is 0.225 e. The molecule has 3 atom stereocenters. The fraction of sp³-hybridized carbons (Fsp3) is 0.565. The van der Waals surface area contributed by atoms with Gasteiger partial charge in [-0.15, -0.1) is 0 Å². The van der Waals surface area contributed by atoms with Crippen LogP contribution in [-0.2, 0) is 22.6 Å². The average Bonchev–Trinajstić information content (AvgIpc) is 3.42. The van der Waals surface area contributed by atoms with Crippen molar-refractivity contribution >= 4 is 29.2 Å². The van der Waals surface area contributed by atoms with Gasteiger partial charge in [-0.3, -0.25) is 14.3 Å². The third-order valence-corrected chi connectivity index (χ3v) is 7.43. The van der Waals surface area contributed by atoms with Crippen LogP contribution >= 0.6 is 11.6 Å². The Labute approximate surface area is 187 Å². The summed E-state index contributed by atoms with van der Waals surface area (Å²) in [5.41, 5.74) is 3.20. The van der Waals surface area contributed by atoms with Crippen molar-refractivity contribution in [2.24, 2.45) is 17.3 Å². The van der Waals surface area contributed by atoms with Crippen LogP contribution in [0.2, 0.25) is 5.02 Å². The second kappa shape index (κ2) is 7.33. The molecule has 2 aromatic rings. The minimum Gasteiger partial charge on any atom is -0.340 e. The molecule has 2 aromatic heterocycles. The van der Waals surface area contributed by atoms with Gasteiger partial charge < -0.3 is 10.2 Å². The summed E-state index contributed by atoms with van der Waals surface area (Å²) >= 11 is 6.47. The lowest BCUT2D eigenvalue weighted by atomic mass is 9.89. The molecule has 0 unspecified atom stereocenters. The van der Waals surface area contributed by atoms with E-state index in [1.54, 1.807) is 13.1 Å². The fourth-order valence-corrected chi connectivity index (χ4v) is 5.92. The number of carbonyl (C=O) groups is 2. The first kappa shape index (κ1) is 20.5. The third-order valence-electron chi connectivity index (χ3n) is 7.13. The Bertz CT molecular complexity index is 1060. The summed E-state index contributed by atoms with van der Waals surface area (Å²) in [5, 5.41) is 8.04. The molecule has 5 rings (SSSR count). The molecule has 0 spiro atoms. The van der Waals surface area contributed by atoms with Crippen molar-refractivity contribution in [2.75, 3.05) is 11.9 Å². The first-order chi connectivity index (χ1) is 14.7. The Morgan fingerprint density at radius 3 is 2.77 bits per heavy atom. The minimum atomic E-state index is -0.0333. The molecule has 7 nitrogen and oxygen atoms in total. The number of hydrogen-bond acceptors (Lipinski definition) is 4. The van der Waals surface area contributed by atoms with E-state index in [-0.39, 0.29) is 17.2 Å². The molecule has 4 heterocycles. The first-order valence-corrected chi connectivity index (χ1v) is 11.4. The zero-order chi connectivity index (χ0) is 21.9. The number of pyridine rings is 1. The number of fused-ring (bicyclic) bond motifs is 3. The van der Waals surface area contributed by atoms with E-state index in [9.17, 15) is 9.59 Å². The van der Waals surface area contributed by atoms with Crippen LogP contribution in [0.1, 0.15) is 45.7 Å². The predicted molar refractivity (Wildman–Crippen MR) is 119 cm³/mol. The summed E-state index contributed by atoms with van der Waals surface area (Å²) in [6, 6.07) is 2.15. The summed E-state index contributed by atoms with van der Waals surface area (Å²) in [5.74, 6) is 1.37. The van der Waals surface area contributed by atoms with Gasteiger partial charge in [0.2, 0.25) is 11.8 Å². The molecular weight excluding hydrogens is 414 g/mol. The molecule has 8 heteroatoms. The first-order valence-electron chi connectivity index (χ1n) is 11.0. The van der Waals surface area contributed by atoms with E-state index in [1.807, 2.05) is 21.8 Å². The Morgan fingerprint density at radius 1 is 1.26 bits per heavy atom. The molecule has 0 aromatic carbocycles. The van der Waals surface area contributed by atoms with Crippen LogP contribution in [0, 0.1) is 17.3 Å². The predicted octanol–water partition coefficient (Wildman–Crippen LogP) is 3.77. The Hall–Kier alpha value is -2.41. The maximum atomic E-state index is 12.7. The molecule has 2 fully saturated rings. The highest BCUT2D eigenvalue weighted by Gasteiger charge is 2.45. The highest BCUT2D eigenvalue weighted by Crippen LogP contribution is 2.44. The maximum Gasteiger partial charge on any atom is 0.225 e. The van der Waals surface area contributed by atoms with Gasteiger partial charge in [0.05, 0.1) is 11.2 Å². The number of anilines is 1. The molecule has 164 valence electrons. The van der Waals surface area contributed by atoms with Gasteiger partial charge in [-0.25, -0.2) is 4.98 Å². The van der Waals surface area contributed by atoms with Gasteiger partial charge in [0.25, 0.3) is 0 Å². The van der Waals surface area contributed by atoms with Gasteiger partial charge in [0.15, 0.2) is 0 Å². The lowest BCUT2D eigenvalue weighted by molar-refractivity contribution is -0.130. The van der Waals surface area contributed by atoms with E-state index < -0.39 is 0 Å². The summed E-state index contributed by atoms with van der Waals surface area (Å²) in [7, 11) is 0. The van der Waals surface area contributed by atoms with Crippen LogP contribution in [0.4, 0.5) is 5.82 Å². The van der Waals surface area contributed by atoms with Crippen molar-refractivity contribution in [3.8, 4) is 11.1 Å². The quantitative estimate of drug-likeness (QED) is 0.783. The molecule has 2 aliphatic heterocycles. The molecule has 3 aliphatic rings. The standard InChI is InChI=1S/C23H28ClN5O2/c1-13(30)28-11-15-5-16(28)4-14(15)6-22(31)27-21-7-17(19(24)10-25-21)18-9-26-29-12-23(2,3)8-20(18)29/h7,9-10,14-16H,4-6,8,11-12H2,1-3H3,(H,25,27,31)/t14-,15+,16-/m1/s1. The number of carbonyl (C=O) groups excluding carboxylic acids is 2. The van der Waals surface area contributed by atoms with E-state index in [1.165, 1.54) is 5.69 Å². The molecule has 1 saturated heterocycles. The van der Waals surface area contributed by atoms with Crippen LogP contribution in [0.3, 0.4) is 0 Å². The zero-order valence-corrected chi connectivity index (χ0v) is 18.9. The molecule has 31 heavy (non-hydrogen) atoms. The lowest BCUT2D eigenvalue weighted by Gasteiger charge is -2.30. The number of hydrogen-bond donors (Lipinski definition) is 1. The lowest BCUT2D eigenvalue weighted by Crippen LogP contribution is -2.39. The molecule has 1 N–H and O–H groups in total. The Kier molecular flexibility index (Phi) is 4.84. The number of nitrogens with one attached hydrogen (secondary N) is 1. The van der Waals surface area contributed by atoms with Crippen LogP contribution in [0.25, 0.3) is 11.1 Å². The van der Waals surface area contributed by atoms with Gasteiger partial charge in [-0.05, 0) is 42.6 Å². The SMILES string of the molecule is CC(=O)N1C[C@@H]2C[C@H]1C[C@@H]2CC(=O)Nc1cc(-c2cnn3c2CC(C)(C)C3)c(Cl)cn1. The number of amides is 2. The second-order valence-electron chi connectivity index (χ2n) is 10.1. The van der Waals surface area contributed by atoms with Crippen LogP contribution in [0.15, 0.2) is 18.5 Å². The normalized spacial score (nSPS) is 25.7. The van der Waals surface area contributed by atoms with E-state index in [4.69, 9.17) is 11.6 Å².